The summed E-state index contributed by atoms with van der Waals surface area (Å²) in [5.41, 5.74) is 0. The molecule has 0 saturated heterocycles. The smallest absolute Gasteiger partial charge is 0.0675 e. The Hall–Kier alpha value is 0.250. The van der Waals surface area contributed by atoms with E-state index in [0.29, 0.717) is 5.88 Å². The lowest BCUT2D eigenvalue weighted by Crippen LogP contribution is -2.07. The second-order valence-corrected chi connectivity index (χ2v) is 8.27. The normalized spacial score (nSPS) is 12.6. The molecule has 0 aliphatic rings. The molecule has 0 aromatic rings. The second-order valence-electron chi connectivity index (χ2n) is 7.96. The molecule has 0 aromatic heterocycles. The van der Waals surface area contributed by atoms with Gasteiger partial charge in [-0.1, -0.05) is 129 Å². The van der Waals surface area contributed by atoms with Gasteiger partial charge in [0, 0.05) is 5.88 Å². The Morgan fingerprint density at radius 2 is 0.800 bits per heavy atom. The van der Waals surface area contributed by atoms with Crippen LogP contribution in [0.15, 0.2) is 0 Å². The summed E-state index contributed by atoms with van der Waals surface area (Å²) in [5.74, 6) is 0.388. The number of alkyl halides is 1. The molecule has 0 rings (SSSR count). The minimum atomic E-state index is -0.285. The maximum Gasteiger partial charge on any atom is 0.0675 e. The Bertz CT molecular complexity index is 232. The first-order valence-corrected chi connectivity index (χ1v) is 12.1. The molecule has 1 N–H and O–H groups in total. The van der Waals surface area contributed by atoms with E-state index < -0.39 is 0 Å². The van der Waals surface area contributed by atoms with Gasteiger partial charge in [-0.25, -0.2) is 0 Å². The van der Waals surface area contributed by atoms with Crippen LogP contribution in [0.3, 0.4) is 0 Å². The molecule has 1 unspecified atom stereocenters. The molecule has 0 amide bonds. The van der Waals surface area contributed by atoms with E-state index >= 15 is 0 Å². The highest BCUT2D eigenvalue weighted by molar-refractivity contribution is 6.18. The van der Waals surface area contributed by atoms with Crippen LogP contribution in [-0.4, -0.2) is 17.1 Å². The van der Waals surface area contributed by atoms with Crippen molar-refractivity contribution in [3.8, 4) is 0 Å². The molecule has 0 saturated carbocycles. The van der Waals surface area contributed by atoms with Crippen LogP contribution in [0.5, 0.6) is 0 Å². The first-order chi connectivity index (χ1) is 12.3. The van der Waals surface area contributed by atoms with Crippen molar-refractivity contribution in [2.24, 2.45) is 0 Å². The van der Waals surface area contributed by atoms with Gasteiger partial charge in [0.2, 0.25) is 0 Å². The highest BCUT2D eigenvalue weighted by Crippen LogP contribution is 2.15. The maximum atomic E-state index is 9.37. The molecule has 1 nitrogen and oxygen atoms in total. The molecule has 0 aliphatic carbocycles. The maximum absolute atomic E-state index is 9.37. The highest BCUT2D eigenvalue weighted by Gasteiger charge is 2.00. The van der Waals surface area contributed by atoms with Crippen LogP contribution in [0.4, 0.5) is 0 Å². The molecule has 0 spiro atoms. The standard InChI is InChI=1S/C23H47ClO/c1-2-3-4-5-6-7-8-9-10-11-12-13-14-15-16-17-18-19-20-21-23(25)22-24/h23,25H,2-22H2,1H3. The van der Waals surface area contributed by atoms with Gasteiger partial charge in [-0.3, -0.25) is 0 Å². The summed E-state index contributed by atoms with van der Waals surface area (Å²) in [7, 11) is 0. The van der Waals surface area contributed by atoms with Crippen molar-refractivity contribution in [2.45, 2.75) is 141 Å². The average molecular weight is 375 g/mol. The summed E-state index contributed by atoms with van der Waals surface area (Å²) in [6.07, 6.45) is 27.3. The van der Waals surface area contributed by atoms with Crippen molar-refractivity contribution in [3.05, 3.63) is 0 Å². The fourth-order valence-corrected chi connectivity index (χ4v) is 3.69. The molecule has 1 atom stereocenters. The Labute approximate surface area is 164 Å². The Morgan fingerprint density at radius 1 is 0.520 bits per heavy atom. The lowest BCUT2D eigenvalue weighted by atomic mass is 10.0. The van der Waals surface area contributed by atoms with Gasteiger partial charge < -0.3 is 5.11 Å². The van der Waals surface area contributed by atoms with Crippen LogP contribution in [0.1, 0.15) is 135 Å². The lowest BCUT2D eigenvalue weighted by molar-refractivity contribution is 0.183. The van der Waals surface area contributed by atoms with Crippen molar-refractivity contribution in [1.82, 2.24) is 0 Å². The largest absolute Gasteiger partial charge is 0.392 e. The fourth-order valence-electron chi connectivity index (χ4n) is 3.54. The SMILES string of the molecule is CCCCCCCCCCCCCCCCCCCCCC(O)CCl. The van der Waals surface area contributed by atoms with Gasteiger partial charge in [-0.05, 0) is 6.42 Å². The van der Waals surface area contributed by atoms with E-state index in [2.05, 4.69) is 6.92 Å². The number of unbranched alkanes of at least 4 members (excludes halogenated alkanes) is 18. The van der Waals surface area contributed by atoms with Crippen LogP contribution >= 0.6 is 11.6 Å². The summed E-state index contributed by atoms with van der Waals surface area (Å²) in [4.78, 5) is 0. The predicted molar refractivity (Wildman–Crippen MR) is 115 cm³/mol. The van der Waals surface area contributed by atoms with Gasteiger partial charge in [-0.2, -0.15) is 0 Å². The molecule has 0 radical (unpaired) electrons. The van der Waals surface area contributed by atoms with Crippen molar-refractivity contribution in [1.29, 1.82) is 0 Å². The number of hydrogen-bond donors (Lipinski definition) is 1. The number of hydrogen-bond acceptors (Lipinski definition) is 1. The van der Waals surface area contributed by atoms with E-state index in [9.17, 15) is 5.11 Å². The molecule has 0 aromatic carbocycles. The van der Waals surface area contributed by atoms with Gasteiger partial charge >= 0.3 is 0 Å². The van der Waals surface area contributed by atoms with E-state index in [-0.39, 0.29) is 6.10 Å². The minimum Gasteiger partial charge on any atom is -0.392 e. The molecular formula is C23H47ClO. The van der Waals surface area contributed by atoms with Crippen LogP contribution in [0.2, 0.25) is 0 Å². The number of aliphatic hydroxyl groups is 1. The van der Waals surface area contributed by atoms with Crippen LogP contribution in [0.25, 0.3) is 0 Å². The van der Waals surface area contributed by atoms with E-state index in [4.69, 9.17) is 11.6 Å². The van der Waals surface area contributed by atoms with Gasteiger partial charge in [0.15, 0.2) is 0 Å². The zero-order valence-electron chi connectivity index (χ0n) is 17.3. The van der Waals surface area contributed by atoms with Gasteiger partial charge in [-0.15, -0.1) is 11.6 Å². The monoisotopic (exact) mass is 374 g/mol. The Balaban J connectivity index is 2.98. The van der Waals surface area contributed by atoms with Gasteiger partial charge in [0.05, 0.1) is 6.10 Å². The molecule has 0 bridgehead atoms. The van der Waals surface area contributed by atoms with Crippen molar-refractivity contribution in [2.75, 3.05) is 5.88 Å². The summed E-state index contributed by atoms with van der Waals surface area (Å²) in [5, 5.41) is 9.37. The number of halogens is 1. The molecule has 0 fully saturated rings. The van der Waals surface area contributed by atoms with Crippen molar-refractivity contribution >= 4 is 11.6 Å². The fraction of sp³-hybridized carbons (Fsp3) is 1.00. The third-order valence-corrected chi connectivity index (χ3v) is 5.68. The Morgan fingerprint density at radius 3 is 1.08 bits per heavy atom. The topological polar surface area (TPSA) is 20.2 Å². The first-order valence-electron chi connectivity index (χ1n) is 11.5. The van der Waals surface area contributed by atoms with Crippen LogP contribution in [0, 0.1) is 0 Å². The summed E-state index contributed by atoms with van der Waals surface area (Å²) >= 11 is 5.59. The summed E-state index contributed by atoms with van der Waals surface area (Å²) in [6.45, 7) is 2.29. The molecule has 0 heterocycles. The van der Waals surface area contributed by atoms with Gasteiger partial charge in [0.25, 0.3) is 0 Å². The van der Waals surface area contributed by atoms with Crippen molar-refractivity contribution in [3.63, 3.8) is 0 Å². The third kappa shape index (κ3) is 22.2. The molecule has 2 heteroatoms. The van der Waals surface area contributed by atoms with Crippen LogP contribution in [-0.2, 0) is 0 Å². The van der Waals surface area contributed by atoms with E-state index in [0.717, 1.165) is 12.8 Å². The van der Waals surface area contributed by atoms with Crippen LogP contribution < -0.4 is 0 Å². The zero-order chi connectivity index (χ0) is 18.4. The first kappa shape index (κ1) is 25.2. The third-order valence-electron chi connectivity index (χ3n) is 5.32. The molecular weight excluding hydrogens is 328 g/mol. The van der Waals surface area contributed by atoms with E-state index in [1.54, 1.807) is 0 Å². The summed E-state index contributed by atoms with van der Waals surface area (Å²) in [6, 6.07) is 0. The quantitative estimate of drug-likeness (QED) is 0.158. The Kier molecular flexibility index (Phi) is 22.5. The van der Waals surface area contributed by atoms with Crippen molar-refractivity contribution < 1.29 is 5.11 Å². The zero-order valence-corrected chi connectivity index (χ0v) is 18.0. The predicted octanol–water partition coefficient (Wildman–Crippen LogP) is 8.41. The molecule has 152 valence electrons. The average Bonchev–Trinajstić information content (AvgIpc) is 2.63. The lowest BCUT2D eigenvalue weighted by Gasteiger charge is -2.06. The number of aliphatic hydroxyl groups excluding tert-OH is 1. The molecule has 0 aliphatic heterocycles. The second kappa shape index (κ2) is 22.3. The summed E-state index contributed by atoms with van der Waals surface area (Å²) < 4.78 is 0. The number of rotatable bonds is 21. The van der Waals surface area contributed by atoms with E-state index in [1.165, 1.54) is 116 Å². The highest BCUT2D eigenvalue weighted by atomic mass is 35.5. The van der Waals surface area contributed by atoms with E-state index in [1.807, 2.05) is 0 Å². The molecule has 25 heavy (non-hydrogen) atoms. The minimum absolute atomic E-state index is 0.285. The van der Waals surface area contributed by atoms with Gasteiger partial charge in [0.1, 0.15) is 0 Å².